The van der Waals surface area contributed by atoms with E-state index >= 15 is 0 Å². The third-order valence-corrected chi connectivity index (χ3v) is 5.37. The predicted molar refractivity (Wildman–Crippen MR) is 98.5 cm³/mol. The summed E-state index contributed by atoms with van der Waals surface area (Å²) in [6, 6.07) is 14.8. The molecule has 0 aliphatic heterocycles. The van der Waals surface area contributed by atoms with Crippen LogP contribution >= 0.6 is 11.3 Å². The van der Waals surface area contributed by atoms with Crippen molar-refractivity contribution in [2.24, 2.45) is 18.0 Å². The van der Waals surface area contributed by atoms with E-state index in [1.807, 2.05) is 35.9 Å². The molecule has 5 nitrogen and oxygen atoms in total. The Labute approximate surface area is 148 Å². The number of nitrogens with zero attached hydrogens (tertiary/aromatic N) is 2. The van der Waals surface area contributed by atoms with E-state index in [2.05, 4.69) is 10.3 Å². The molecular formula is C19H17N3O2S. The molecule has 0 spiro atoms. The fraction of sp³-hybridized carbons (Fsp3) is 0.211. The second-order valence-electron chi connectivity index (χ2n) is 6.17. The second-order valence-corrected chi connectivity index (χ2v) is 7.18. The summed E-state index contributed by atoms with van der Waals surface area (Å²) in [5.74, 6) is -0.0763. The van der Waals surface area contributed by atoms with Gasteiger partial charge in [-0.3, -0.25) is 9.59 Å². The lowest BCUT2D eigenvalue weighted by atomic mass is 10.2. The van der Waals surface area contributed by atoms with Crippen LogP contribution in [0.1, 0.15) is 23.2 Å². The van der Waals surface area contributed by atoms with Gasteiger partial charge in [-0.25, -0.2) is 0 Å². The lowest BCUT2D eigenvalue weighted by Crippen LogP contribution is -2.14. The zero-order valence-electron chi connectivity index (χ0n) is 13.7. The van der Waals surface area contributed by atoms with Gasteiger partial charge < -0.3 is 9.88 Å². The number of carbonyl (C=O) groups is 2. The average Bonchev–Trinajstić information content (AvgIpc) is 3.42. The maximum Gasteiger partial charge on any atom is 0.279 e. The van der Waals surface area contributed by atoms with Crippen molar-refractivity contribution in [2.45, 2.75) is 12.8 Å². The molecule has 1 N–H and O–H groups in total. The minimum atomic E-state index is -0.290. The number of aromatic nitrogens is 1. The molecular weight excluding hydrogens is 334 g/mol. The smallest absolute Gasteiger partial charge is 0.279 e. The minimum absolute atomic E-state index is 0.0565. The summed E-state index contributed by atoms with van der Waals surface area (Å²) in [5.41, 5.74) is 2.26. The maximum atomic E-state index is 12.4. The van der Waals surface area contributed by atoms with Gasteiger partial charge in [-0.2, -0.15) is 4.99 Å². The van der Waals surface area contributed by atoms with Crippen LogP contribution in [0.4, 0.5) is 5.69 Å². The fourth-order valence-corrected chi connectivity index (χ4v) is 3.64. The van der Waals surface area contributed by atoms with Crippen molar-refractivity contribution in [2.75, 3.05) is 5.32 Å². The number of anilines is 1. The first kappa shape index (κ1) is 15.8. The average molecular weight is 351 g/mol. The number of para-hydroxylation sites is 1. The summed E-state index contributed by atoms with van der Waals surface area (Å²) in [7, 11) is 1.90. The van der Waals surface area contributed by atoms with Crippen molar-refractivity contribution in [1.29, 1.82) is 0 Å². The van der Waals surface area contributed by atoms with Gasteiger partial charge in [-0.15, -0.1) is 0 Å². The summed E-state index contributed by atoms with van der Waals surface area (Å²) >= 11 is 1.49. The summed E-state index contributed by atoms with van der Waals surface area (Å²) < 4.78 is 3.01. The number of rotatable bonds is 3. The van der Waals surface area contributed by atoms with E-state index in [0.717, 1.165) is 23.1 Å². The number of thiazole rings is 1. The molecule has 4 rings (SSSR count). The summed E-state index contributed by atoms with van der Waals surface area (Å²) in [6.07, 6.45) is 1.93. The Hall–Kier alpha value is -2.73. The van der Waals surface area contributed by atoms with E-state index in [1.54, 1.807) is 24.3 Å². The van der Waals surface area contributed by atoms with Gasteiger partial charge in [0.15, 0.2) is 4.80 Å². The molecule has 126 valence electrons. The quantitative estimate of drug-likeness (QED) is 0.787. The Balaban J connectivity index is 1.57. The first-order valence-electron chi connectivity index (χ1n) is 8.16. The first-order valence-corrected chi connectivity index (χ1v) is 8.98. The number of hydrogen-bond donors (Lipinski definition) is 1. The third-order valence-electron chi connectivity index (χ3n) is 4.26. The molecule has 2 aromatic carbocycles. The number of aryl methyl sites for hydroxylation is 1. The van der Waals surface area contributed by atoms with Crippen molar-refractivity contribution in [1.82, 2.24) is 4.57 Å². The highest BCUT2D eigenvalue weighted by Crippen LogP contribution is 2.30. The van der Waals surface area contributed by atoms with Crippen LogP contribution in [-0.2, 0) is 11.8 Å². The molecule has 1 aliphatic rings. The van der Waals surface area contributed by atoms with Crippen molar-refractivity contribution < 1.29 is 9.59 Å². The fourth-order valence-electron chi connectivity index (χ4n) is 2.63. The van der Waals surface area contributed by atoms with Gasteiger partial charge in [0.1, 0.15) is 0 Å². The highest BCUT2D eigenvalue weighted by atomic mass is 32.1. The Kier molecular flexibility index (Phi) is 3.97. The summed E-state index contributed by atoms with van der Waals surface area (Å²) in [5, 5.41) is 2.86. The third kappa shape index (κ3) is 3.25. The van der Waals surface area contributed by atoms with Gasteiger partial charge in [0.25, 0.3) is 5.91 Å². The van der Waals surface area contributed by atoms with Crippen molar-refractivity contribution in [3.05, 3.63) is 58.9 Å². The zero-order valence-corrected chi connectivity index (χ0v) is 14.5. The Morgan fingerprint density at radius 3 is 2.52 bits per heavy atom. The van der Waals surface area contributed by atoms with Crippen LogP contribution in [0.3, 0.4) is 0 Å². The van der Waals surface area contributed by atoms with Gasteiger partial charge >= 0.3 is 0 Å². The molecule has 1 saturated carbocycles. The van der Waals surface area contributed by atoms with E-state index in [9.17, 15) is 9.59 Å². The number of fused-ring (bicyclic) bond motifs is 1. The van der Waals surface area contributed by atoms with Crippen LogP contribution in [0, 0.1) is 5.92 Å². The van der Waals surface area contributed by atoms with Gasteiger partial charge in [-0.05, 0) is 49.2 Å². The number of hydrogen-bond acceptors (Lipinski definition) is 3. The van der Waals surface area contributed by atoms with E-state index in [4.69, 9.17) is 0 Å². The highest BCUT2D eigenvalue weighted by Gasteiger charge is 2.29. The van der Waals surface area contributed by atoms with Crippen LogP contribution in [0.25, 0.3) is 10.2 Å². The van der Waals surface area contributed by atoms with Crippen LogP contribution in [0.2, 0.25) is 0 Å². The molecule has 1 fully saturated rings. The lowest BCUT2D eigenvalue weighted by Gasteiger charge is -2.04. The topological polar surface area (TPSA) is 63.5 Å². The van der Waals surface area contributed by atoms with Crippen LogP contribution in [0.15, 0.2) is 53.5 Å². The molecule has 3 aromatic rings. The number of nitrogens with one attached hydrogen (secondary N) is 1. The highest BCUT2D eigenvalue weighted by molar-refractivity contribution is 7.16. The Bertz CT molecular complexity index is 1030. The normalized spacial score (nSPS) is 14.7. The van der Waals surface area contributed by atoms with Crippen LogP contribution in [-0.4, -0.2) is 16.4 Å². The standard InChI is InChI=1S/C19H17N3O2S/c1-22-15-4-2-3-5-16(15)25-19(22)21-18(24)13-8-10-14(11-9-13)20-17(23)12-6-7-12/h2-5,8-12H,6-7H2,1H3,(H,20,23). The number of benzene rings is 2. The molecule has 6 heteroatoms. The molecule has 2 amide bonds. The molecule has 1 heterocycles. The maximum absolute atomic E-state index is 12.4. The van der Waals surface area contributed by atoms with Gasteiger partial charge in [-0.1, -0.05) is 23.5 Å². The van der Waals surface area contributed by atoms with E-state index in [0.29, 0.717) is 16.1 Å². The molecule has 0 unspecified atom stereocenters. The van der Waals surface area contributed by atoms with E-state index in [1.165, 1.54) is 11.3 Å². The van der Waals surface area contributed by atoms with Crippen LogP contribution in [0.5, 0.6) is 0 Å². The lowest BCUT2D eigenvalue weighted by molar-refractivity contribution is -0.117. The second kappa shape index (κ2) is 6.29. The number of amides is 2. The Morgan fingerprint density at radius 2 is 1.84 bits per heavy atom. The van der Waals surface area contributed by atoms with E-state index < -0.39 is 0 Å². The van der Waals surface area contributed by atoms with Gasteiger partial charge in [0.2, 0.25) is 5.91 Å². The van der Waals surface area contributed by atoms with Crippen molar-refractivity contribution >= 4 is 39.1 Å². The molecule has 1 aliphatic carbocycles. The predicted octanol–water partition coefficient (Wildman–Crippen LogP) is 3.33. The number of carbonyl (C=O) groups excluding carboxylic acids is 2. The summed E-state index contributed by atoms with van der Waals surface area (Å²) in [4.78, 5) is 29.1. The van der Waals surface area contributed by atoms with Gasteiger partial charge in [0, 0.05) is 24.2 Å². The molecule has 1 aromatic heterocycles. The SMILES string of the molecule is Cn1c(=NC(=O)c2ccc(NC(=O)C3CC3)cc2)sc2ccccc21. The first-order chi connectivity index (χ1) is 12.1. The zero-order chi connectivity index (χ0) is 17.4. The molecule has 0 saturated heterocycles. The molecule has 25 heavy (non-hydrogen) atoms. The molecule has 0 radical (unpaired) electrons. The van der Waals surface area contributed by atoms with Crippen molar-refractivity contribution in [3.8, 4) is 0 Å². The Morgan fingerprint density at radius 1 is 1.12 bits per heavy atom. The minimum Gasteiger partial charge on any atom is -0.326 e. The van der Waals surface area contributed by atoms with E-state index in [-0.39, 0.29) is 17.7 Å². The monoisotopic (exact) mass is 351 g/mol. The summed E-state index contributed by atoms with van der Waals surface area (Å²) in [6.45, 7) is 0. The van der Waals surface area contributed by atoms with Gasteiger partial charge in [0.05, 0.1) is 10.2 Å². The molecule has 0 atom stereocenters. The largest absolute Gasteiger partial charge is 0.326 e. The van der Waals surface area contributed by atoms with Crippen molar-refractivity contribution in [3.63, 3.8) is 0 Å². The molecule has 0 bridgehead atoms. The van der Waals surface area contributed by atoms with Crippen LogP contribution < -0.4 is 10.1 Å².